The highest BCUT2D eigenvalue weighted by atomic mass is 79.9. The van der Waals surface area contributed by atoms with Crippen LogP contribution in [0.5, 0.6) is 0 Å². The van der Waals surface area contributed by atoms with Crippen LogP contribution in [0.25, 0.3) is 11.4 Å². The largest absolute Gasteiger partial charge is 0.294 e. The quantitative estimate of drug-likeness (QED) is 0.805. The Labute approximate surface area is 120 Å². The molecule has 0 unspecified atom stereocenters. The van der Waals surface area contributed by atoms with Gasteiger partial charge in [-0.25, -0.2) is 9.97 Å². The van der Waals surface area contributed by atoms with Crippen LogP contribution in [0, 0.1) is 6.92 Å². The topological polar surface area (TPSA) is 42.9 Å². The van der Waals surface area contributed by atoms with Gasteiger partial charge in [-0.1, -0.05) is 22.0 Å². The summed E-state index contributed by atoms with van der Waals surface area (Å²) >= 11 is 3.48. The Kier molecular flexibility index (Phi) is 3.19. The van der Waals surface area contributed by atoms with Crippen LogP contribution >= 0.6 is 15.9 Å². The fourth-order valence-electron chi connectivity index (χ4n) is 2.31. The van der Waals surface area contributed by atoms with Gasteiger partial charge in [0.15, 0.2) is 11.6 Å². The van der Waals surface area contributed by atoms with Gasteiger partial charge in [-0.2, -0.15) is 0 Å². The Balaban J connectivity index is 2.06. The summed E-state index contributed by atoms with van der Waals surface area (Å²) in [5.41, 5.74) is 3.72. The standard InChI is InChI=1S/C15H13BrN2O/c1-9-7-10(5-6-12(9)16)15-17-8-11-13(18-15)3-2-4-14(11)19/h5-8H,2-4H2,1H3. The summed E-state index contributed by atoms with van der Waals surface area (Å²) < 4.78 is 1.07. The van der Waals surface area contributed by atoms with Gasteiger partial charge in [0.05, 0.1) is 11.3 Å². The van der Waals surface area contributed by atoms with Crippen molar-refractivity contribution in [2.24, 2.45) is 0 Å². The van der Waals surface area contributed by atoms with Crippen molar-refractivity contribution < 1.29 is 4.79 Å². The Bertz CT molecular complexity index is 667. The molecule has 0 aliphatic heterocycles. The molecular formula is C15H13BrN2O. The molecule has 0 saturated heterocycles. The fraction of sp³-hybridized carbons (Fsp3) is 0.267. The van der Waals surface area contributed by atoms with Gasteiger partial charge in [0.1, 0.15) is 0 Å². The number of Topliss-reactive ketones (excluding diaryl/α,β-unsaturated/α-hetero) is 1. The van der Waals surface area contributed by atoms with Gasteiger partial charge in [-0.3, -0.25) is 4.79 Å². The maximum atomic E-state index is 11.7. The van der Waals surface area contributed by atoms with E-state index in [9.17, 15) is 4.79 Å². The van der Waals surface area contributed by atoms with Crippen LogP contribution in [0.15, 0.2) is 28.9 Å². The van der Waals surface area contributed by atoms with E-state index in [4.69, 9.17) is 0 Å². The van der Waals surface area contributed by atoms with Gasteiger partial charge in [-0.15, -0.1) is 0 Å². The summed E-state index contributed by atoms with van der Waals surface area (Å²) in [5, 5.41) is 0. The molecule has 1 aliphatic rings. The molecule has 19 heavy (non-hydrogen) atoms. The van der Waals surface area contributed by atoms with Gasteiger partial charge < -0.3 is 0 Å². The van der Waals surface area contributed by atoms with Crippen molar-refractivity contribution in [2.45, 2.75) is 26.2 Å². The lowest BCUT2D eigenvalue weighted by atomic mass is 9.96. The number of aromatic nitrogens is 2. The number of carbonyl (C=O) groups is 1. The van der Waals surface area contributed by atoms with E-state index in [0.29, 0.717) is 17.8 Å². The Morgan fingerprint density at radius 3 is 2.89 bits per heavy atom. The summed E-state index contributed by atoms with van der Waals surface area (Å²) in [4.78, 5) is 20.6. The number of fused-ring (bicyclic) bond motifs is 1. The first kappa shape index (κ1) is 12.5. The first-order chi connectivity index (χ1) is 9.15. The third kappa shape index (κ3) is 2.32. The summed E-state index contributed by atoms with van der Waals surface area (Å²) in [6, 6.07) is 6.04. The average molecular weight is 317 g/mol. The molecule has 0 saturated carbocycles. The smallest absolute Gasteiger partial charge is 0.166 e. The SMILES string of the molecule is Cc1cc(-c2ncc3c(n2)CCCC3=O)ccc1Br. The van der Waals surface area contributed by atoms with Crippen LogP contribution in [0.3, 0.4) is 0 Å². The number of hydrogen-bond acceptors (Lipinski definition) is 3. The van der Waals surface area contributed by atoms with Crippen molar-refractivity contribution in [1.82, 2.24) is 9.97 Å². The lowest BCUT2D eigenvalue weighted by Crippen LogP contribution is -2.13. The zero-order chi connectivity index (χ0) is 13.4. The van der Waals surface area contributed by atoms with Crippen LogP contribution in [0.4, 0.5) is 0 Å². The van der Waals surface area contributed by atoms with Crippen LogP contribution < -0.4 is 0 Å². The summed E-state index contributed by atoms with van der Waals surface area (Å²) in [6.07, 6.45) is 4.05. The van der Waals surface area contributed by atoms with E-state index >= 15 is 0 Å². The highest BCUT2D eigenvalue weighted by Gasteiger charge is 2.19. The minimum Gasteiger partial charge on any atom is -0.294 e. The maximum absolute atomic E-state index is 11.7. The number of ketones is 1. The minimum absolute atomic E-state index is 0.166. The predicted octanol–water partition coefficient (Wildman–Crippen LogP) is 3.73. The predicted molar refractivity (Wildman–Crippen MR) is 77.2 cm³/mol. The molecule has 1 heterocycles. The number of rotatable bonds is 1. The lowest BCUT2D eigenvalue weighted by molar-refractivity contribution is 0.0971. The van der Waals surface area contributed by atoms with Crippen molar-refractivity contribution in [1.29, 1.82) is 0 Å². The highest BCUT2D eigenvalue weighted by Crippen LogP contribution is 2.25. The second-order valence-corrected chi connectivity index (χ2v) is 5.65. The molecule has 96 valence electrons. The molecule has 3 nitrogen and oxygen atoms in total. The molecular weight excluding hydrogens is 304 g/mol. The molecule has 1 aromatic heterocycles. The number of aryl methyl sites for hydroxylation is 2. The summed E-state index contributed by atoms with van der Waals surface area (Å²) in [5.74, 6) is 0.865. The lowest BCUT2D eigenvalue weighted by Gasteiger charge is -2.14. The number of benzene rings is 1. The highest BCUT2D eigenvalue weighted by molar-refractivity contribution is 9.10. The van der Waals surface area contributed by atoms with Crippen LogP contribution in [-0.4, -0.2) is 15.8 Å². The minimum atomic E-state index is 0.166. The van der Waals surface area contributed by atoms with E-state index < -0.39 is 0 Å². The van der Waals surface area contributed by atoms with E-state index in [2.05, 4.69) is 32.0 Å². The average Bonchev–Trinajstić information content (AvgIpc) is 2.42. The van der Waals surface area contributed by atoms with Gasteiger partial charge in [-0.05, 0) is 37.5 Å². The first-order valence-electron chi connectivity index (χ1n) is 6.31. The Morgan fingerprint density at radius 2 is 2.11 bits per heavy atom. The molecule has 0 amide bonds. The Hall–Kier alpha value is -1.55. The van der Waals surface area contributed by atoms with Crippen LogP contribution in [0.1, 0.15) is 34.5 Å². The molecule has 3 rings (SSSR count). The maximum Gasteiger partial charge on any atom is 0.166 e. The van der Waals surface area contributed by atoms with Crippen molar-refractivity contribution in [3.05, 3.63) is 45.7 Å². The molecule has 1 aromatic carbocycles. The molecule has 0 atom stereocenters. The summed E-state index contributed by atoms with van der Waals surface area (Å²) in [7, 11) is 0. The normalized spacial score (nSPS) is 14.3. The molecule has 4 heteroatoms. The van der Waals surface area contributed by atoms with Gasteiger partial charge in [0.2, 0.25) is 0 Å². The molecule has 0 spiro atoms. The first-order valence-corrected chi connectivity index (χ1v) is 7.10. The second kappa shape index (κ2) is 4.85. The molecule has 0 N–H and O–H groups in total. The molecule has 0 bridgehead atoms. The fourth-order valence-corrected chi connectivity index (χ4v) is 2.56. The van der Waals surface area contributed by atoms with E-state index in [1.165, 1.54) is 0 Å². The van der Waals surface area contributed by atoms with Crippen molar-refractivity contribution >= 4 is 21.7 Å². The number of halogens is 1. The Morgan fingerprint density at radius 1 is 1.26 bits per heavy atom. The van der Waals surface area contributed by atoms with E-state index in [0.717, 1.165) is 34.1 Å². The van der Waals surface area contributed by atoms with Crippen molar-refractivity contribution in [3.63, 3.8) is 0 Å². The van der Waals surface area contributed by atoms with E-state index in [1.54, 1.807) is 6.20 Å². The van der Waals surface area contributed by atoms with Gasteiger partial charge >= 0.3 is 0 Å². The van der Waals surface area contributed by atoms with Crippen molar-refractivity contribution in [3.8, 4) is 11.4 Å². The number of carbonyl (C=O) groups excluding carboxylic acids is 1. The van der Waals surface area contributed by atoms with E-state index in [-0.39, 0.29) is 5.78 Å². The zero-order valence-corrected chi connectivity index (χ0v) is 12.2. The molecule has 0 fully saturated rings. The molecule has 0 radical (unpaired) electrons. The zero-order valence-electron chi connectivity index (χ0n) is 10.6. The van der Waals surface area contributed by atoms with Crippen LogP contribution in [0.2, 0.25) is 0 Å². The summed E-state index contributed by atoms with van der Waals surface area (Å²) in [6.45, 7) is 2.04. The number of hydrogen-bond donors (Lipinski definition) is 0. The molecule has 2 aromatic rings. The number of nitrogens with zero attached hydrogens (tertiary/aromatic N) is 2. The third-order valence-corrected chi connectivity index (χ3v) is 4.29. The van der Waals surface area contributed by atoms with Crippen LogP contribution in [-0.2, 0) is 6.42 Å². The monoisotopic (exact) mass is 316 g/mol. The van der Waals surface area contributed by atoms with Gasteiger partial charge in [0, 0.05) is 22.7 Å². The second-order valence-electron chi connectivity index (χ2n) is 4.79. The van der Waals surface area contributed by atoms with Crippen molar-refractivity contribution in [2.75, 3.05) is 0 Å². The van der Waals surface area contributed by atoms with E-state index in [1.807, 2.05) is 19.1 Å². The molecule has 1 aliphatic carbocycles. The van der Waals surface area contributed by atoms with Gasteiger partial charge in [0.25, 0.3) is 0 Å². The third-order valence-electron chi connectivity index (χ3n) is 3.40.